The van der Waals surface area contributed by atoms with Crippen molar-refractivity contribution in [2.45, 2.75) is 18.1 Å². The Balaban J connectivity index is 3.09. The van der Waals surface area contributed by atoms with E-state index in [0.717, 1.165) is 10.7 Å². The zero-order valence-electron chi connectivity index (χ0n) is 9.92. The first-order chi connectivity index (χ1) is 8.27. The van der Waals surface area contributed by atoms with Crippen molar-refractivity contribution in [1.29, 1.82) is 5.26 Å². The molecule has 0 aliphatic carbocycles. The van der Waals surface area contributed by atoms with Crippen LogP contribution in [0, 0.1) is 11.3 Å². The largest absolute Gasteiger partial charge is 0.296 e. The van der Waals surface area contributed by atoms with E-state index in [1.165, 1.54) is 6.92 Å². The lowest BCUT2D eigenvalue weighted by Crippen LogP contribution is -2.30. The fourth-order valence-corrected chi connectivity index (χ4v) is 2.23. The van der Waals surface area contributed by atoms with Crippen LogP contribution in [0.4, 0.5) is 0 Å². The van der Waals surface area contributed by atoms with Gasteiger partial charge in [0.25, 0.3) is 0 Å². The Bertz CT molecular complexity index is 587. The van der Waals surface area contributed by atoms with E-state index in [0.29, 0.717) is 5.56 Å². The monoisotopic (exact) mass is 329 g/mol. The van der Waals surface area contributed by atoms with Crippen molar-refractivity contribution in [1.82, 2.24) is 0 Å². The van der Waals surface area contributed by atoms with Crippen molar-refractivity contribution in [2.24, 2.45) is 0 Å². The Labute approximate surface area is 115 Å². The summed E-state index contributed by atoms with van der Waals surface area (Å²) in [6.45, 7) is 1.31. The minimum absolute atomic E-state index is 0.501. The second-order valence-electron chi connectivity index (χ2n) is 3.99. The van der Waals surface area contributed by atoms with Gasteiger partial charge in [0.1, 0.15) is 11.2 Å². The van der Waals surface area contributed by atoms with Gasteiger partial charge in [-0.2, -0.15) is 5.26 Å². The van der Waals surface area contributed by atoms with Crippen LogP contribution >= 0.6 is 15.9 Å². The molecular weight excluding hydrogens is 318 g/mol. The average molecular weight is 330 g/mol. The number of hydrogen-bond donors (Lipinski definition) is 0. The second-order valence-corrected chi connectivity index (χ2v) is 7.27. The lowest BCUT2D eigenvalue weighted by molar-refractivity contribution is -0.118. The highest BCUT2D eigenvalue weighted by Gasteiger charge is 2.31. The molecule has 1 rings (SSSR count). The molecule has 1 aromatic carbocycles. The average Bonchev–Trinajstić information content (AvgIpc) is 2.30. The third kappa shape index (κ3) is 3.40. The van der Waals surface area contributed by atoms with Crippen molar-refractivity contribution in [3.8, 4) is 6.07 Å². The van der Waals surface area contributed by atoms with Gasteiger partial charge < -0.3 is 0 Å². The lowest BCUT2D eigenvalue weighted by atomic mass is 9.95. The van der Waals surface area contributed by atoms with Gasteiger partial charge in [-0.15, -0.1) is 0 Å². The predicted octanol–water partition coefficient (Wildman–Crippen LogP) is 2.06. The van der Waals surface area contributed by atoms with E-state index in [1.54, 1.807) is 24.3 Å². The topological polar surface area (TPSA) is 75.0 Å². The molecule has 2 unspecified atom stereocenters. The maximum absolute atomic E-state index is 12.0. The van der Waals surface area contributed by atoms with Gasteiger partial charge in [0.2, 0.25) is 0 Å². The second kappa shape index (κ2) is 5.63. The van der Waals surface area contributed by atoms with Crippen LogP contribution < -0.4 is 0 Å². The Morgan fingerprint density at radius 1 is 1.33 bits per heavy atom. The van der Waals surface area contributed by atoms with Crippen LogP contribution in [0.3, 0.4) is 0 Å². The smallest absolute Gasteiger partial charge is 0.172 e. The van der Waals surface area contributed by atoms with Crippen LogP contribution in [-0.4, -0.2) is 25.7 Å². The molecule has 96 valence electrons. The van der Waals surface area contributed by atoms with Gasteiger partial charge in [-0.3, -0.25) is 4.79 Å². The van der Waals surface area contributed by atoms with Gasteiger partial charge in [0, 0.05) is 10.7 Å². The van der Waals surface area contributed by atoms with Crippen molar-refractivity contribution < 1.29 is 13.2 Å². The van der Waals surface area contributed by atoms with E-state index in [9.17, 15) is 13.2 Å². The molecule has 0 fully saturated rings. The summed E-state index contributed by atoms with van der Waals surface area (Å²) in [6.07, 6.45) is 0.992. The van der Waals surface area contributed by atoms with E-state index in [-0.39, 0.29) is 0 Å². The number of sulfone groups is 1. The van der Waals surface area contributed by atoms with E-state index < -0.39 is 26.8 Å². The number of rotatable bonds is 4. The molecule has 0 bridgehead atoms. The van der Waals surface area contributed by atoms with Crippen molar-refractivity contribution in [3.05, 3.63) is 34.3 Å². The van der Waals surface area contributed by atoms with Gasteiger partial charge in [-0.1, -0.05) is 28.1 Å². The molecule has 4 nitrogen and oxygen atoms in total. The third-order valence-corrected chi connectivity index (χ3v) is 4.71. The highest BCUT2D eigenvalue weighted by atomic mass is 79.9. The van der Waals surface area contributed by atoms with Gasteiger partial charge in [-0.05, 0) is 24.6 Å². The molecule has 0 spiro atoms. The zero-order chi connectivity index (χ0) is 13.9. The highest BCUT2D eigenvalue weighted by molar-refractivity contribution is 9.10. The number of benzene rings is 1. The number of hydrogen-bond acceptors (Lipinski definition) is 4. The molecule has 0 aromatic heterocycles. The minimum atomic E-state index is -3.48. The molecule has 0 heterocycles. The Hall–Kier alpha value is -1.19. The molecule has 0 radical (unpaired) electrons. The maximum Gasteiger partial charge on any atom is 0.172 e. The first-order valence-corrected chi connectivity index (χ1v) is 7.89. The number of nitrogens with zero attached hydrogens (tertiary/aromatic N) is 1. The van der Waals surface area contributed by atoms with Crippen LogP contribution in [0.25, 0.3) is 0 Å². The summed E-state index contributed by atoms with van der Waals surface area (Å²) in [4.78, 5) is 12.0. The fraction of sp³-hybridized carbons (Fsp3) is 0.333. The van der Waals surface area contributed by atoms with Crippen LogP contribution in [0.15, 0.2) is 28.7 Å². The van der Waals surface area contributed by atoms with Gasteiger partial charge in [-0.25, -0.2) is 8.42 Å². The molecular formula is C12H12BrNO3S. The van der Waals surface area contributed by atoms with Crippen LogP contribution in [0.2, 0.25) is 0 Å². The third-order valence-electron chi connectivity index (χ3n) is 2.66. The fourth-order valence-electron chi connectivity index (χ4n) is 1.40. The summed E-state index contributed by atoms with van der Waals surface area (Å²) < 4.78 is 23.5. The molecule has 0 N–H and O–H groups in total. The summed E-state index contributed by atoms with van der Waals surface area (Å²) in [5, 5.41) is 7.88. The van der Waals surface area contributed by atoms with E-state index in [2.05, 4.69) is 15.9 Å². The zero-order valence-corrected chi connectivity index (χ0v) is 12.3. The molecule has 0 saturated carbocycles. The lowest BCUT2D eigenvalue weighted by Gasteiger charge is -2.13. The first-order valence-electron chi connectivity index (χ1n) is 5.15. The normalized spacial score (nSPS) is 14.6. The number of nitriles is 1. The quantitative estimate of drug-likeness (QED) is 0.847. The summed E-state index contributed by atoms with van der Waals surface area (Å²) in [7, 11) is -3.48. The number of ketones is 1. The van der Waals surface area contributed by atoms with Crippen molar-refractivity contribution in [2.75, 3.05) is 6.26 Å². The molecule has 0 aliphatic rings. The Morgan fingerprint density at radius 3 is 2.22 bits per heavy atom. The molecule has 1 aromatic rings. The Morgan fingerprint density at radius 2 is 1.83 bits per heavy atom. The van der Waals surface area contributed by atoms with Gasteiger partial charge in [0.15, 0.2) is 15.6 Å². The van der Waals surface area contributed by atoms with E-state index in [4.69, 9.17) is 5.26 Å². The molecule has 0 saturated heterocycles. The van der Waals surface area contributed by atoms with Crippen LogP contribution in [0.1, 0.15) is 18.4 Å². The predicted molar refractivity (Wildman–Crippen MR) is 71.8 cm³/mol. The van der Waals surface area contributed by atoms with Crippen LogP contribution in [0.5, 0.6) is 0 Å². The first kappa shape index (κ1) is 14.9. The molecule has 0 aliphatic heterocycles. The van der Waals surface area contributed by atoms with Gasteiger partial charge in [0.05, 0.1) is 6.07 Å². The highest BCUT2D eigenvalue weighted by Crippen LogP contribution is 2.22. The molecule has 18 heavy (non-hydrogen) atoms. The van der Waals surface area contributed by atoms with Crippen molar-refractivity contribution in [3.63, 3.8) is 0 Å². The standard InChI is InChI=1S/C12H12BrNO3S/c1-8(18(2,16)17)12(15)11(7-14)9-3-5-10(13)6-4-9/h3-6,8,11H,1-2H3. The summed E-state index contributed by atoms with van der Waals surface area (Å²) in [5.41, 5.74) is 0.501. The van der Waals surface area contributed by atoms with E-state index >= 15 is 0 Å². The number of carbonyl (C=O) groups is 1. The summed E-state index contributed by atoms with van der Waals surface area (Å²) in [5.74, 6) is -1.65. The summed E-state index contributed by atoms with van der Waals surface area (Å²) in [6, 6.07) is 8.53. The molecule has 2 atom stereocenters. The molecule has 0 amide bonds. The number of carbonyl (C=O) groups excluding carboxylic acids is 1. The summed E-state index contributed by atoms with van der Waals surface area (Å²) >= 11 is 3.25. The SMILES string of the molecule is CC(C(=O)C(C#N)c1ccc(Br)cc1)S(C)(=O)=O. The maximum atomic E-state index is 12.0. The Kier molecular flexibility index (Phi) is 4.65. The van der Waals surface area contributed by atoms with Crippen LogP contribution in [-0.2, 0) is 14.6 Å². The number of Topliss-reactive ketones (excluding diaryl/α,β-unsaturated/α-hetero) is 1. The minimum Gasteiger partial charge on any atom is -0.296 e. The number of halogens is 1. The van der Waals surface area contributed by atoms with Crippen molar-refractivity contribution >= 4 is 31.6 Å². The van der Waals surface area contributed by atoms with E-state index in [1.807, 2.05) is 6.07 Å². The van der Waals surface area contributed by atoms with Gasteiger partial charge >= 0.3 is 0 Å². The molecule has 6 heteroatoms.